The maximum atomic E-state index is 5.68. The van der Waals surface area contributed by atoms with Gasteiger partial charge in [-0.1, -0.05) is 6.07 Å². The lowest BCUT2D eigenvalue weighted by Crippen LogP contribution is -2.25. The molecule has 0 aromatic carbocycles. The van der Waals surface area contributed by atoms with Crippen LogP contribution in [0.5, 0.6) is 0 Å². The van der Waals surface area contributed by atoms with Gasteiger partial charge in [0.2, 0.25) is 0 Å². The van der Waals surface area contributed by atoms with Gasteiger partial charge >= 0.3 is 0 Å². The second-order valence-corrected chi connectivity index (χ2v) is 3.74. The van der Waals surface area contributed by atoms with Gasteiger partial charge in [0.25, 0.3) is 0 Å². The number of nitrogens with two attached hydrogens (primary N) is 1. The van der Waals surface area contributed by atoms with Gasteiger partial charge in [-0.05, 0) is 37.4 Å². The van der Waals surface area contributed by atoms with Crippen molar-refractivity contribution in [3.8, 4) is 0 Å². The van der Waals surface area contributed by atoms with Crippen molar-refractivity contribution in [3.63, 3.8) is 0 Å². The maximum absolute atomic E-state index is 5.68. The summed E-state index contributed by atoms with van der Waals surface area (Å²) >= 11 is 0. The summed E-state index contributed by atoms with van der Waals surface area (Å²) in [6, 6.07) is 5.94. The Morgan fingerprint density at radius 3 is 3.14 bits per heavy atom. The Hall–Kier alpha value is -0.930. The van der Waals surface area contributed by atoms with Crippen LogP contribution >= 0.6 is 0 Å². The fraction of sp³-hybridized carbons (Fsp3) is 0.545. The lowest BCUT2D eigenvalue weighted by atomic mass is 9.94. The van der Waals surface area contributed by atoms with Crippen molar-refractivity contribution in [3.05, 3.63) is 30.1 Å². The molecule has 0 spiro atoms. The highest BCUT2D eigenvalue weighted by atomic mass is 16.5. The second-order valence-electron chi connectivity index (χ2n) is 3.74. The molecule has 2 heterocycles. The van der Waals surface area contributed by atoms with Crippen LogP contribution in [0, 0.1) is 5.92 Å². The van der Waals surface area contributed by atoms with Crippen LogP contribution in [0.15, 0.2) is 24.4 Å². The molecule has 0 unspecified atom stereocenters. The molecule has 0 aliphatic carbocycles. The number of aromatic nitrogens is 1. The molecule has 0 saturated carbocycles. The van der Waals surface area contributed by atoms with Crippen molar-refractivity contribution in [2.24, 2.45) is 11.7 Å². The van der Waals surface area contributed by atoms with E-state index in [-0.39, 0.29) is 6.10 Å². The van der Waals surface area contributed by atoms with E-state index in [0.717, 1.165) is 31.7 Å². The Balaban J connectivity index is 2.04. The standard InChI is InChI=1S/C11H16N2O/c12-8-9-4-6-14-11(7-9)10-3-1-2-5-13-10/h1-3,5,9,11H,4,6-8,12H2/t9-,11-/m1/s1. The molecule has 14 heavy (non-hydrogen) atoms. The lowest BCUT2D eigenvalue weighted by molar-refractivity contribution is -0.0107. The number of rotatable bonds is 2. The normalized spacial score (nSPS) is 27.5. The average Bonchev–Trinajstić information content (AvgIpc) is 2.30. The summed E-state index contributed by atoms with van der Waals surface area (Å²) in [5.74, 6) is 0.593. The van der Waals surface area contributed by atoms with Crippen LogP contribution in [0.4, 0.5) is 0 Å². The van der Waals surface area contributed by atoms with E-state index in [4.69, 9.17) is 10.5 Å². The zero-order valence-corrected chi connectivity index (χ0v) is 8.23. The zero-order chi connectivity index (χ0) is 9.80. The van der Waals surface area contributed by atoms with Gasteiger partial charge in [0.15, 0.2) is 0 Å². The third-order valence-electron chi connectivity index (χ3n) is 2.74. The Bertz CT molecular complexity index is 276. The Kier molecular flexibility index (Phi) is 3.11. The summed E-state index contributed by atoms with van der Waals surface area (Å²) < 4.78 is 5.68. The van der Waals surface area contributed by atoms with Crippen molar-refractivity contribution in [2.45, 2.75) is 18.9 Å². The van der Waals surface area contributed by atoms with E-state index in [1.165, 1.54) is 0 Å². The molecular formula is C11H16N2O. The van der Waals surface area contributed by atoms with E-state index < -0.39 is 0 Å². The predicted molar refractivity (Wildman–Crippen MR) is 54.7 cm³/mol. The van der Waals surface area contributed by atoms with E-state index in [9.17, 15) is 0 Å². The largest absolute Gasteiger partial charge is 0.372 e. The first-order valence-electron chi connectivity index (χ1n) is 5.12. The highest BCUT2D eigenvalue weighted by Crippen LogP contribution is 2.29. The van der Waals surface area contributed by atoms with Crippen molar-refractivity contribution in [1.29, 1.82) is 0 Å². The molecule has 0 bridgehead atoms. The minimum Gasteiger partial charge on any atom is -0.372 e. The van der Waals surface area contributed by atoms with Gasteiger partial charge in [0, 0.05) is 12.8 Å². The minimum atomic E-state index is 0.151. The number of hydrogen-bond donors (Lipinski definition) is 1. The Morgan fingerprint density at radius 2 is 2.43 bits per heavy atom. The number of nitrogens with zero attached hydrogens (tertiary/aromatic N) is 1. The van der Waals surface area contributed by atoms with Crippen molar-refractivity contribution in [1.82, 2.24) is 4.98 Å². The quantitative estimate of drug-likeness (QED) is 0.772. The summed E-state index contributed by atoms with van der Waals surface area (Å²) in [6.45, 7) is 1.57. The topological polar surface area (TPSA) is 48.1 Å². The molecule has 0 amide bonds. The van der Waals surface area contributed by atoms with Gasteiger partial charge in [-0.25, -0.2) is 0 Å². The van der Waals surface area contributed by atoms with Crippen LogP contribution < -0.4 is 5.73 Å². The maximum Gasteiger partial charge on any atom is 0.0997 e. The van der Waals surface area contributed by atoms with Gasteiger partial charge in [0.1, 0.15) is 0 Å². The highest BCUT2D eigenvalue weighted by Gasteiger charge is 2.23. The Morgan fingerprint density at radius 1 is 1.50 bits per heavy atom. The van der Waals surface area contributed by atoms with E-state index in [1.807, 2.05) is 24.4 Å². The number of ether oxygens (including phenoxy) is 1. The van der Waals surface area contributed by atoms with E-state index >= 15 is 0 Å². The van der Waals surface area contributed by atoms with Gasteiger partial charge in [-0.2, -0.15) is 0 Å². The number of hydrogen-bond acceptors (Lipinski definition) is 3. The monoisotopic (exact) mass is 192 g/mol. The average molecular weight is 192 g/mol. The van der Waals surface area contributed by atoms with Gasteiger partial charge in [-0.15, -0.1) is 0 Å². The first-order valence-corrected chi connectivity index (χ1v) is 5.12. The molecular weight excluding hydrogens is 176 g/mol. The summed E-state index contributed by atoms with van der Waals surface area (Å²) in [6.07, 6.45) is 4.05. The van der Waals surface area contributed by atoms with E-state index in [1.54, 1.807) is 0 Å². The molecule has 76 valence electrons. The van der Waals surface area contributed by atoms with Crippen LogP contribution in [0.1, 0.15) is 24.6 Å². The molecule has 1 aromatic heterocycles. The van der Waals surface area contributed by atoms with Crippen molar-refractivity contribution < 1.29 is 4.74 Å². The Labute approximate surface area is 84.3 Å². The molecule has 1 saturated heterocycles. The molecule has 3 nitrogen and oxygen atoms in total. The van der Waals surface area contributed by atoms with Crippen LogP contribution in [-0.4, -0.2) is 18.1 Å². The summed E-state index contributed by atoms with van der Waals surface area (Å²) in [5.41, 5.74) is 6.70. The fourth-order valence-corrected chi connectivity index (χ4v) is 1.85. The fourth-order valence-electron chi connectivity index (χ4n) is 1.85. The van der Waals surface area contributed by atoms with Crippen LogP contribution in [0.25, 0.3) is 0 Å². The highest BCUT2D eigenvalue weighted by molar-refractivity contribution is 5.07. The summed E-state index contributed by atoms with van der Waals surface area (Å²) in [7, 11) is 0. The third-order valence-corrected chi connectivity index (χ3v) is 2.74. The third kappa shape index (κ3) is 2.11. The lowest BCUT2D eigenvalue weighted by Gasteiger charge is -2.28. The van der Waals surface area contributed by atoms with E-state index in [0.29, 0.717) is 5.92 Å². The molecule has 3 heteroatoms. The second kappa shape index (κ2) is 4.53. The molecule has 0 radical (unpaired) electrons. The summed E-state index contributed by atoms with van der Waals surface area (Å²) in [5, 5.41) is 0. The molecule has 1 aromatic rings. The van der Waals surface area contributed by atoms with Crippen molar-refractivity contribution >= 4 is 0 Å². The van der Waals surface area contributed by atoms with Gasteiger partial charge in [-0.3, -0.25) is 4.98 Å². The number of pyridine rings is 1. The zero-order valence-electron chi connectivity index (χ0n) is 8.23. The summed E-state index contributed by atoms with van der Waals surface area (Å²) in [4.78, 5) is 4.31. The van der Waals surface area contributed by atoms with Crippen LogP contribution in [0.2, 0.25) is 0 Å². The SMILES string of the molecule is NC[C@@H]1CCO[C@@H](c2ccccn2)C1. The van der Waals surface area contributed by atoms with Crippen LogP contribution in [-0.2, 0) is 4.74 Å². The first kappa shape index (κ1) is 9.62. The molecule has 2 rings (SSSR count). The molecule has 1 aliphatic rings. The van der Waals surface area contributed by atoms with Crippen molar-refractivity contribution in [2.75, 3.05) is 13.2 Å². The minimum absolute atomic E-state index is 0.151. The molecule has 1 aliphatic heterocycles. The van der Waals surface area contributed by atoms with Gasteiger partial charge < -0.3 is 10.5 Å². The molecule has 2 atom stereocenters. The smallest absolute Gasteiger partial charge is 0.0997 e. The first-order chi connectivity index (χ1) is 6.90. The predicted octanol–water partition coefficient (Wildman–Crippen LogP) is 1.51. The van der Waals surface area contributed by atoms with Crippen LogP contribution in [0.3, 0.4) is 0 Å². The van der Waals surface area contributed by atoms with Gasteiger partial charge in [0.05, 0.1) is 11.8 Å². The molecule has 1 fully saturated rings. The molecule has 2 N–H and O–H groups in total. The van der Waals surface area contributed by atoms with E-state index in [2.05, 4.69) is 4.98 Å².